The maximum Gasteiger partial charge on any atom is 0.246 e. The molecule has 1 amide bonds. The lowest BCUT2D eigenvalue weighted by atomic mass is 9.94. The van der Waals surface area contributed by atoms with E-state index in [2.05, 4.69) is 24.3 Å². The van der Waals surface area contributed by atoms with Crippen LogP contribution in [0.15, 0.2) is 53.9 Å². The molecule has 2 heterocycles. The second kappa shape index (κ2) is 7.41. The highest BCUT2D eigenvalue weighted by Gasteiger charge is 2.21. The average Bonchev–Trinajstić information content (AvgIpc) is 2.96. The third kappa shape index (κ3) is 3.86. The number of carbonyl (C=O) groups is 1. The predicted octanol–water partition coefficient (Wildman–Crippen LogP) is 4.56. The van der Waals surface area contributed by atoms with Crippen LogP contribution in [0.4, 0.5) is 0 Å². The van der Waals surface area contributed by atoms with E-state index in [1.165, 1.54) is 18.4 Å². The third-order valence-corrected chi connectivity index (χ3v) is 5.02. The fourth-order valence-corrected chi connectivity index (χ4v) is 3.60. The summed E-state index contributed by atoms with van der Waals surface area (Å²) in [6.45, 7) is 1.70. The van der Waals surface area contributed by atoms with Crippen LogP contribution in [0.5, 0.6) is 0 Å². The smallest absolute Gasteiger partial charge is 0.246 e. The highest BCUT2D eigenvalue weighted by Crippen LogP contribution is 2.26. The van der Waals surface area contributed by atoms with Crippen molar-refractivity contribution in [2.24, 2.45) is 0 Å². The molecule has 114 valence electrons. The SMILES string of the molecule is O=C(/C=C/c1cccs1)N1CCCCC(c2ccccc2)C1. The molecule has 3 rings (SSSR count). The predicted molar refractivity (Wildman–Crippen MR) is 93.0 cm³/mol. The van der Waals surface area contributed by atoms with Crippen LogP contribution >= 0.6 is 11.3 Å². The van der Waals surface area contributed by atoms with Crippen LogP contribution < -0.4 is 0 Å². The van der Waals surface area contributed by atoms with Crippen molar-refractivity contribution in [1.82, 2.24) is 4.90 Å². The Hall–Kier alpha value is -1.87. The van der Waals surface area contributed by atoms with Crippen molar-refractivity contribution in [3.63, 3.8) is 0 Å². The number of amides is 1. The Morgan fingerprint density at radius 2 is 2.00 bits per heavy atom. The van der Waals surface area contributed by atoms with Gasteiger partial charge in [0.2, 0.25) is 5.91 Å². The van der Waals surface area contributed by atoms with Gasteiger partial charge in [-0.25, -0.2) is 0 Å². The number of rotatable bonds is 3. The summed E-state index contributed by atoms with van der Waals surface area (Å²) in [5.41, 5.74) is 1.35. The Morgan fingerprint density at radius 3 is 2.77 bits per heavy atom. The van der Waals surface area contributed by atoms with E-state index in [-0.39, 0.29) is 5.91 Å². The fourth-order valence-electron chi connectivity index (χ4n) is 2.98. The number of carbonyl (C=O) groups excluding carboxylic acids is 1. The molecule has 1 aliphatic heterocycles. The molecule has 2 aromatic rings. The lowest BCUT2D eigenvalue weighted by molar-refractivity contribution is -0.126. The summed E-state index contributed by atoms with van der Waals surface area (Å²) in [5, 5.41) is 2.03. The lowest BCUT2D eigenvalue weighted by Crippen LogP contribution is -2.32. The Kier molecular flexibility index (Phi) is 5.07. The van der Waals surface area contributed by atoms with E-state index in [0.717, 1.165) is 24.4 Å². The highest BCUT2D eigenvalue weighted by molar-refractivity contribution is 7.10. The van der Waals surface area contributed by atoms with E-state index in [1.54, 1.807) is 17.4 Å². The summed E-state index contributed by atoms with van der Waals surface area (Å²) in [6.07, 6.45) is 7.11. The van der Waals surface area contributed by atoms with Crippen LogP contribution in [0.2, 0.25) is 0 Å². The molecule has 1 unspecified atom stereocenters. The van der Waals surface area contributed by atoms with Crippen LogP contribution in [-0.2, 0) is 4.79 Å². The first-order chi connectivity index (χ1) is 10.8. The Balaban J connectivity index is 1.68. The molecule has 22 heavy (non-hydrogen) atoms. The molecule has 0 spiro atoms. The summed E-state index contributed by atoms with van der Waals surface area (Å²) < 4.78 is 0. The van der Waals surface area contributed by atoms with Crippen molar-refractivity contribution in [2.75, 3.05) is 13.1 Å². The number of hydrogen-bond donors (Lipinski definition) is 0. The highest BCUT2D eigenvalue weighted by atomic mass is 32.1. The quantitative estimate of drug-likeness (QED) is 0.761. The minimum atomic E-state index is 0.135. The van der Waals surface area contributed by atoms with Gasteiger partial charge in [-0.15, -0.1) is 11.3 Å². The normalized spacial score (nSPS) is 19.3. The molecule has 0 saturated carbocycles. The maximum absolute atomic E-state index is 12.5. The van der Waals surface area contributed by atoms with Gasteiger partial charge in [0.15, 0.2) is 0 Å². The van der Waals surface area contributed by atoms with Crippen molar-refractivity contribution in [2.45, 2.75) is 25.2 Å². The van der Waals surface area contributed by atoms with Gasteiger partial charge in [-0.3, -0.25) is 4.79 Å². The first-order valence-electron chi connectivity index (χ1n) is 7.88. The monoisotopic (exact) mass is 311 g/mol. The molecular formula is C19H21NOS. The van der Waals surface area contributed by atoms with Gasteiger partial charge in [0.25, 0.3) is 0 Å². The minimum absolute atomic E-state index is 0.135. The Labute approximate surface area is 136 Å². The molecule has 2 nitrogen and oxygen atoms in total. The molecule has 0 bridgehead atoms. The molecule has 0 N–H and O–H groups in total. The molecule has 1 atom stereocenters. The van der Waals surface area contributed by atoms with E-state index >= 15 is 0 Å². The molecule has 0 radical (unpaired) electrons. The van der Waals surface area contributed by atoms with Gasteiger partial charge in [0, 0.05) is 30.0 Å². The molecular weight excluding hydrogens is 290 g/mol. The molecule has 3 heteroatoms. The van der Waals surface area contributed by atoms with Gasteiger partial charge >= 0.3 is 0 Å². The average molecular weight is 311 g/mol. The zero-order valence-electron chi connectivity index (χ0n) is 12.7. The van der Waals surface area contributed by atoms with Crippen molar-refractivity contribution < 1.29 is 4.79 Å². The Bertz CT molecular complexity index is 618. The number of hydrogen-bond acceptors (Lipinski definition) is 2. The van der Waals surface area contributed by atoms with Crippen molar-refractivity contribution in [1.29, 1.82) is 0 Å². The van der Waals surface area contributed by atoms with Crippen molar-refractivity contribution in [3.8, 4) is 0 Å². The largest absolute Gasteiger partial charge is 0.339 e. The molecule has 1 aromatic heterocycles. The number of thiophene rings is 1. The van der Waals surface area contributed by atoms with Gasteiger partial charge < -0.3 is 4.90 Å². The summed E-state index contributed by atoms with van der Waals surface area (Å²) >= 11 is 1.66. The summed E-state index contributed by atoms with van der Waals surface area (Å²) in [5.74, 6) is 0.596. The maximum atomic E-state index is 12.5. The van der Waals surface area contributed by atoms with E-state index in [9.17, 15) is 4.79 Å². The van der Waals surface area contributed by atoms with E-state index in [1.807, 2.05) is 34.6 Å². The van der Waals surface area contributed by atoms with Crippen LogP contribution in [0.3, 0.4) is 0 Å². The molecule has 1 saturated heterocycles. The van der Waals surface area contributed by atoms with Gasteiger partial charge in [-0.2, -0.15) is 0 Å². The summed E-state index contributed by atoms with van der Waals surface area (Å²) in [7, 11) is 0. The zero-order valence-corrected chi connectivity index (χ0v) is 13.5. The second-order valence-electron chi connectivity index (χ2n) is 5.74. The fraction of sp³-hybridized carbons (Fsp3) is 0.316. The van der Waals surface area contributed by atoms with E-state index in [4.69, 9.17) is 0 Å². The number of nitrogens with zero attached hydrogens (tertiary/aromatic N) is 1. The van der Waals surface area contributed by atoms with E-state index in [0.29, 0.717) is 5.92 Å². The Morgan fingerprint density at radius 1 is 1.14 bits per heavy atom. The van der Waals surface area contributed by atoms with E-state index < -0.39 is 0 Å². The number of benzene rings is 1. The third-order valence-electron chi connectivity index (χ3n) is 4.19. The standard InChI is InChI=1S/C19H21NOS/c21-19(12-11-18-10-6-14-22-18)20-13-5-4-9-17(15-20)16-7-2-1-3-8-16/h1-3,6-8,10-12,14,17H,4-5,9,13,15H2/b12-11+. The van der Waals surface area contributed by atoms with Gasteiger partial charge in [-0.05, 0) is 35.9 Å². The van der Waals surface area contributed by atoms with Crippen molar-refractivity contribution >= 4 is 23.3 Å². The van der Waals surface area contributed by atoms with Crippen LogP contribution in [0.25, 0.3) is 6.08 Å². The van der Waals surface area contributed by atoms with Crippen LogP contribution in [0.1, 0.15) is 35.6 Å². The van der Waals surface area contributed by atoms with Gasteiger partial charge in [0.05, 0.1) is 0 Å². The summed E-state index contributed by atoms with van der Waals surface area (Å²) in [4.78, 5) is 15.6. The second-order valence-corrected chi connectivity index (χ2v) is 6.72. The van der Waals surface area contributed by atoms with Crippen LogP contribution in [0, 0.1) is 0 Å². The minimum Gasteiger partial charge on any atom is -0.339 e. The first kappa shape index (κ1) is 15.0. The molecule has 1 fully saturated rings. The molecule has 1 aliphatic rings. The van der Waals surface area contributed by atoms with Gasteiger partial charge in [0.1, 0.15) is 0 Å². The molecule has 0 aliphatic carbocycles. The van der Waals surface area contributed by atoms with Gasteiger partial charge in [-0.1, -0.05) is 42.8 Å². The van der Waals surface area contributed by atoms with Crippen molar-refractivity contribution in [3.05, 3.63) is 64.4 Å². The topological polar surface area (TPSA) is 20.3 Å². The zero-order chi connectivity index (χ0) is 15.2. The number of likely N-dealkylation sites (tertiary alicyclic amines) is 1. The molecule has 1 aromatic carbocycles. The lowest BCUT2D eigenvalue weighted by Gasteiger charge is -2.23. The first-order valence-corrected chi connectivity index (χ1v) is 8.76. The summed E-state index contributed by atoms with van der Waals surface area (Å²) in [6, 6.07) is 14.6. The van der Waals surface area contributed by atoms with Crippen LogP contribution in [-0.4, -0.2) is 23.9 Å².